The lowest BCUT2D eigenvalue weighted by molar-refractivity contribution is 0.172. The van der Waals surface area contributed by atoms with E-state index < -0.39 is 0 Å². The minimum absolute atomic E-state index is 0.242. The summed E-state index contributed by atoms with van der Waals surface area (Å²) in [4.78, 5) is 0. The van der Waals surface area contributed by atoms with Gasteiger partial charge in [0.15, 0.2) is 0 Å². The fourth-order valence-electron chi connectivity index (χ4n) is 2.79. The molecule has 0 radical (unpaired) electrons. The van der Waals surface area contributed by atoms with Crippen LogP contribution in [0.1, 0.15) is 44.2 Å². The number of benzene rings is 1. The van der Waals surface area contributed by atoms with Gasteiger partial charge in [0.2, 0.25) is 0 Å². The molecule has 1 fully saturated rings. The summed E-state index contributed by atoms with van der Waals surface area (Å²) >= 11 is 12.1. The maximum atomic E-state index is 9.15. The molecule has 2 nitrogen and oxygen atoms in total. The molecule has 1 aromatic rings. The largest absolute Gasteiger partial charge is 0.396 e. The third-order valence-corrected chi connectivity index (χ3v) is 4.41. The molecule has 0 aromatic heterocycles. The van der Waals surface area contributed by atoms with Crippen molar-refractivity contribution in [2.75, 3.05) is 6.61 Å². The number of halogens is 2. The Kier molecular flexibility index (Phi) is 5.52. The number of aliphatic hydroxyl groups excluding tert-OH is 1. The van der Waals surface area contributed by atoms with Crippen LogP contribution in [0.5, 0.6) is 0 Å². The van der Waals surface area contributed by atoms with Crippen molar-refractivity contribution in [1.82, 2.24) is 5.32 Å². The van der Waals surface area contributed by atoms with Crippen molar-refractivity contribution in [2.45, 2.75) is 44.7 Å². The van der Waals surface area contributed by atoms with Gasteiger partial charge in [0.25, 0.3) is 0 Å². The van der Waals surface area contributed by atoms with Crippen LogP contribution in [-0.2, 0) is 0 Å². The van der Waals surface area contributed by atoms with Gasteiger partial charge in [-0.3, -0.25) is 0 Å². The molecule has 0 saturated heterocycles. The average Bonchev–Trinajstić information content (AvgIpc) is 2.38. The number of hydrogen-bond donors (Lipinski definition) is 2. The Morgan fingerprint density at radius 3 is 2.26 bits per heavy atom. The van der Waals surface area contributed by atoms with Crippen molar-refractivity contribution in [2.24, 2.45) is 5.92 Å². The van der Waals surface area contributed by atoms with E-state index in [1.165, 1.54) is 0 Å². The molecule has 0 aliphatic heterocycles. The topological polar surface area (TPSA) is 32.3 Å². The lowest BCUT2D eigenvalue weighted by atomic mass is 9.86. The molecule has 1 aliphatic rings. The smallest absolute Gasteiger partial charge is 0.0459 e. The van der Waals surface area contributed by atoms with Gasteiger partial charge in [0.05, 0.1) is 0 Å². The van der Waals surface area contributed by atoms with Crippen LogP contribution >= 0.6 is 23.2 Å². The van der Waals surface area contributed by atoms with Gasteiger partial charge in [-0.1, -0.05) is 23.2 Å². The molecule has 1 saturated carbocycles. The van der Waals surface area contributed by atoms with E-state index in [0.717, 1.165) is 31.2 Å². The van der Waals surface area contributed by atoms with Crippen molar-refractivity contribution >= 4 is 23.2 Å². The van der Waals surface area contributed by atoms with E-state index in [1.807, 2.05) is 12.1 Å². The summed E-state index contributed by atoms with van der Waals surface area (Å²) in [7, 11) is 0. The van der Waals surface area contributed by atoms with Crippen LogP contribution in [0, 0.1) is 5.92 Å². The summed E-state index contributed by atoms with van der Waals surface area (Å²) in [5.74, 6) is 0.494. The normalized spacial score (nSPS) is 25.3. The Bertz CT molecular complexity index is 396. The van der Waals surface area contributed by atoms with E-state index in [9.17, 15) is 0 Å². The Morgan fingerprint density at radius 1 is 1.16 bits per heavy atom. The Labute approximate surface area is 125 Å². The van der Waals surface area contributed by atoms with Gasteiger partial charge < -0.3 is 10.4 Å². The molecule has 0 amide bonds. The second-order valence-corrected chi connectivity index (χ2v) is 6.36. The number of hydrogen-bond acceptors (Lipinski definition) is 2. The summed E-state index contributed by atoms with van der Waals surface area (Å²) < 4.78 is 0. The summed E-state index contributed by atoms with van der Waals surface area (Å²) in [6.45, 7) is 2.46. The molecular formula is C15H21Cl2NO. The van der Waals surface area contributed by atoms with Crippen LogP contribution in [0.25, 0.3) is 0 Å². The maximum absolute atomic E-state index is 9.15. The lowest BCUT2D eigenvalue weighted by Crippen LogP contribution is -2.35. The predicted octanol–water partition coefficient (Wildman–Crippen LogP) is 4.20. The quantitative estimate of drug-likeness (QED) is 0.874. The summed E-state index contributed by atoms with van der Waals surface area (Å²) in [5.41, 5.74) is 1.13. The highest BCUT2D eigenvalue weighted by Crippen LogP contribution is 2.27. The summed E-state index contributed by atoms with van der Waals surface area (Å²) in [6, 6.07) is 6.45. The average molecular weight is 302 g/mol. The monoisotopic (exact) mass is 301 g/mol. The van der Waals surface area contributed by atoms with Gasteiger partial charge in [-0.05, 0) is 62.3 Å². The third kappa shape index (κ3) is 4.35. The van der Waals surface area contributed by atoms with Gasteiger partial charge in [0, 0.05) is 28.7 Å². The van der Waals surface area contributed by atoms with Crippen molar-refractivity contribution in [3.63, 3.8) is 0 Å². The Balaban J connectivity index is 1.92. The summed E-state index contributed by atoms with van der Waals surface area (Å²) in [6.07, 6.45) is 4.47. The van der Waals surface area contributed by atoms with Crippen molar-refractivity contribution in [3.05, 3.63) is 33.8 Å². The maximum Gasteiger partial charge on any atom is 0.0459 e. The molecule has 0 bridgehead atoms. The zero-order valence-corrected chi connectivity index (χ0v) is 12.7. The van der Waals surface area contributed by atoms with Crippen LogP contribution < -0.4 is 5.32 Å². The van der Waals surface area contributed by atoms with Gasteiger partial charge in [0.1, 0.15) is 0 Å². The fourth-order valence-corrected chi connectivity index (χ4v) is 3.33. The van der Waals surface area contributed by atoms with Gasteiger partial charge >= 0.3 is 0 Å². The highest BCUT2D eigenvalue weighted by molar-refractivity contribution is 6.34. The zero-order valence-electron chi connectivity index (χ0n) is 11.2. The van der Waals surface area contributed by atoms with Crippen molar-refractivity contribution in [1.29, 1.82) is 0 Å². The zero-order chi connectivity index (χ0) is 13.8. The van der Waals surface area contributed by atoms with Gasteiger partial charge in [-0.25, -0.2) is 0 Å². The minimum Gasteiger partial charge on any atom is -0.396 e. The molecule has 1 atom stereocenters. The molecule has 0 heterocycles. The number of rotatable bonds is 4. The first-order valence-electron chi connectivity index (χ1n) is 6.91. The van der Waals surface area contributed by atoms with Crippen LogP contribution in [0.15, 0.2) is 18.2 Å². The molecule has 4 heteroatoms. The van der Waals surface area contributed by atoms with E-state index >= 15 is 0 Å². The second kappa shape index (κ2) is 6.94. The number of nitrogens with one attached hydrogen (secondary N) is 1. The van der Waals surface area contributed by atoms with E-state index in [4.69, 9.17) is 28.3 Å². The molecular weight excluding hydrogens is 281 g/mol. The third-order valence-electron chi connectivity index (χ3n) is 3.98. The first-order valence-corrected chi connectivity index (χ1v) is 7.67. The summed E-state index contributed by atoms with van der Waals surface area (Å²) in [5, 5.41) is 14.1. The van der Waals surface area contributed by atoms with E-state index in [2.05, 4.69) is 12.2 Å². The SMILES string of the molecule is C[C@H](NC1CCC(CO)CC1)c1cc(Cl)cc(Cl)c1. The first-order chi connectivity index (χ1) is 9.08. The van der Waals surface area contributed by atoms with Crippen molar-refractivity contribution < 1.29 is 5.11 Å². The molecule has 2 N–H and O–H groups in total. The highest BCUT2D eigenvalue weighted by atomic mass is 35.5. The molecule has 1 aromatic carbocycles. The molecule has 106 valence electrons. The van der Waals surface area contributed by atoms with Crippen LogP contribution in [0.3, 0.4) is 0 Å². The van der Waals surface area contributed by atoms with Crippen LogP contribution in [0.4, 0.5) is 0 Å². The standard InChI is InChI=1S/C15H21Cl2NO/c1-10(12-6-13(16)8-14(17)7-12)18-15-4-2-11(9-19)3-5-15/h6-8,10-11,15,18-19H,2-5,9H2,1H3/t10-,11?,15?/m0/s1. The van der Waals surface area contributed by atoms with Crippen LogP contribution in [0.2, 0.25) is 10.0 Å². The highest BCUT2D eigenvalue weighted by Gasteiger charge is 2.22. The minimum atomic E-state index is 0.242. The molecule has 0 spiro atoms. The van der Waals surface area contributed by atoms with Crippen molar-refractivity contribution in [3.8, 4) is 0 Å². The van der Waals surface area contributed by atoms with Crippen LogP contribution in [-0.4, -0.2) is 17.8 Å². The lowest BCUT2D eigenvalue weighted by Gasteiger charge is -2.30. The van der Waals surface area contributed by atoms with Gasteiger partial charge in [-0.15, -0.1) is 0 Å². The van der Waals surface area contributed by atoms with E-state index in [0.29, 0.717) is 28.6 Å². The molecule has 0 unspecified atom stereocenters. The Morgan fingerprint density at radius 2 is 1.74 bits per heavy atom. The van der Waals surface area contributed by atoms with E-state index in [1.54, 1.807) is 6.07 Å². The second-order valence-electron chi connectivity index (χ2n) is 5.49. The van der Waals surface area contributed by atoms with Gasteiger partial charge in [-0.2, -0.15) is 0 Å². The number of aliphatic hydroxyl groups is 1. The predicted molar refractivity (Wildman–Crippen MR) is 80.8 cm³/mol. The molecule has 1 aliphatic carbocycles. The Hall–Kier alpha value is -0.280. The first kappa shape index (κ1) is 15.1. The molecule has 19 heavy (non-hydrogen) atoms. The molecule has 2 rings (SSSR count). The van der Waals surface area contributed by atoms with E-state index in [-0.39, 0.29) is 6.04 Å². The fraction of sp³-hybridized carbons (Fsp3) is 0.600.